The van der Waals surface area contributed by atoms with Crippen LogP contribution in [-0.4, -0.2) is 27.5 Å². The van der Waals surface area contributed by atoms with Gasteiger partial charge in [0.1, 0.15) is 11.5 Å². The standard InChI is InChI=1S/C24H26N2O5S/c1-4-30-21-10-6-20(7-11-21)26-32(28,29)22-12-8-19(9-13-22)25-24(27)16-31-23-14-5-17(2)15-18(23)3/h5-15,26H,4,16H2,1-3H3,(H,25,27). The van der Waals surface area contributed by atoms with E-state index in [0.717, 1.165) is 11.1 Å². The molecule has 0 radical (unpaired) electrons. The van der Waals surface area contributed by atoms with E-state index >= 15 is 0 Å². The smallest absolute Gasteiger partial charge is 0.262 e. The molecule has 0 spiro atoms. The monoisotopic (exact) mass is 454 g/mol. The third-order valence-corrected chi connectivity index (χ3v) is 5.95. The van der Waals surface area contributed by atoms with E-state index in [9.17, 15) is 13.2 Å². The molecule has 3 rings (SSSR count). The lowest BCUT2D eigenvalue weighted by atomic mass is 10.1. The molecular weight excluding hydrogens is 428 g/mol. The van der Waals surface area contributed by atoms with Crippen molar-refractivity contribution in [2.45, 2.75) is 25.7 Å². The molecule has 8 heteroatoms. The lowest BCUT2D eigenvalue weighted by Gasteiger charge is -2.11. The van der Waals surface area contributed by atoms with E-state index in [1.54, 1.807) is 24.3 Å². The number of hydrogen-bond donors (Lipinski definition) is 2. The van der Waals surface area contributed by atoms with E-state index in [0.29, 0.717) is 29.5 Å². The van der Waals surface area contributed by atoms with Gasteiger partial charge in [0.15, 0.2) is 6.61 Å². The van der Waals surface area contributed by atoms with Crippen LogP contribution in [0, 0.1) is 13.8 Å². The molecule has 0 aliphatic heterocycles. The first kappa shape index (κ1) is 23.1. The normalized spacial score (nSPS) is 11.0. The summed E-state index contributed by atoms with van der Waals surface area (Å²) >= 11 is 0. The van der Waals surface area contributed by atoms with Crippen LogP contribution in [-0.2, 0) is 14.8 Å². The molecule has 0 bridgehead atoms. The average molecular weight is 455 g/mol. The highest BCUT2D eigenvalue weighted by molar-refractivity contribution is 7.92. The molecular formula is C24H26N2O5S. The fourth-order valence-corrected chi connectivity index (χ4v) is 4.08. The molecule has 32 heavy (non-hydrogen) atoms. The second kappa shape index (κ2) is 10.2. The Kier molecular flexibility index (Phi) is 7.37. The molecule has 0 atom stereocenters. The van der Waals surface area contributed by atoms with E-state index < -0.39 is 10.0 Å². The van der Waals surface area contributed by atoms with E-state index in [4.69, 9.17) is 9.47 Å². The Labute approximate surface area is 188 Å². The zero-order valence-corrected chi connectivity index (χ0v) is 19.0. The van der Waals surface area contributed by atoms with Crippen molar-refractivity contribution in [3.8, 4) is 11.5 Å². The fraction of sp³-hybridized carbons (Fsp3) is 0.208. The van der Waals surface area contributed by atoms with Crippen molar-refractivity contribution < 1.29 is 22.7 Å². The highest BCUT2D eigenvalue weighted by Gasteiger charge is 2.15. The molecule has 2 N–H and O–H groups in total. The van der Waals surface area contributed by atoms with Crippen LogP contribution in [0.4, 0.5) is 11.4 Å². The van der Waals surface area contributed by atoms with Crippen LogP contribution in [0.25, 0.3) is 0 Å². The van der Waals surface area contributed by atoms with Gasteiger partial charge in [-0.05, 0) is 80.9 Å². The van der Waals surface area contributed by atoms with Gasteiger partial charge in [0.25, 0.3) is 15.9 Å². The zero-order chi connectivity index (χ0) is 23.1. The van der Waals surface area contributed by atoms with Gasteiger partial charge in [0, 0.05) is 11.4 Å². The Hall–Kier alpha value is -3.52. The topological polar surface area (TPSA) is 93.7 Å². The van der Waals surface area contributed by atoms with Crippen LogP contribution in [0.15, 0.2) is 71.6 Å². The Morgan fingerprint density at radius 2 is 1.53 bits per heavy atom. The highest BCUT2D eigenvalue weighted by atomic mass is 32.2. The molecule has 0 aromatic heterocycles. The number of rotatable bonds is 9. The van der Waals surface area contributed by atoms with Crippen molar-refractivity contribution in [1.29, 1.82) is 0 Å². The Morgan fingerprint density at radius 3 is 2.16 bits per heavy atom. The summed E-state index contributed by atoms with van der Waals surface area (Å²) < 4.78 is 38.7. The minimum absolute atomic E-state index is 0.0795. The van der Waals surface area contributed by atoms with Crippen LogP contribution in [0.2, 0.25) is 0 Å². The summed E-state index contributed by atoms with van der Waals surface area (Å²) in [6.07, 6.45) is 0. The summed E-state index contributed by atoms with van der Waals surface area (Å²) in [7, 11) is -3.77. The van der Waals surface area contributed by atoms with E-state index in [1.165, 1.54) is 24.3 Å². The molecule has 0 aliphatic rings. The van der Waals surface area contributed by atoms with Crippen molar-refractivity contribution in [3.05, 3.63) is 77.9 Å². The average Bonchev–Trinajstić information content (AvgIpc) is 2.75. The molecule has 0 saturated heterocycles. The summed E-state index contributed by atoms with van der Waals surface area (Å²) in [6.45, 7) is 6.16. The Morgan fingerprint density at radius 1 is 0.875 bits per heavy atom. The van der Waals surface area contributed by atoms with Gasteiger partial charge in [-0.1, -0.05) is 17.7 Å². The van der Waals surface area contributed by atoms with Gasteiger partial charge in [-0.15, -0.1) is 0 Å². The van der Waals surface area contributed by atoms with E-state index in [-0.39, 0.29) is 17.4 Å². The Bertz CT molecular complexity index is 1170. The number of sulfonamides is 1. The second-order valence-corrected chi connectivity index (χ2v) is 8.88. The van der Waals surface area contributed by atoms with Gasteiger partial charge in [0.2, 0.25) is 0 Å². The fourth-order valence-electron chi connectivity index (χ4n) is 3.02. The number of benzene rings is 3. The predicted octanol–water partition coefficient (Wildman–Crippen LogP) is 4.52. The molecule has 3 aromatic carbocycles. The van der Waals surface area contributed by atoms with Crippen molar-refractivity contribution in [1.82, 2.24) is 0 Å². The van der Waals surface area contributed by atoms with Crippen LogP contribution in [0.1, 0.15) is 18.1 Å². The van der Waals surface area contributed by atoms with Crippen molar-refractivity contribution in [3.63, 3.8) is 0 Å². The first-order valence-corrected chi connectivity index (χ1v) is 11.6. The predicted molar refractivity (Wildman–Crippen MR) is 125 cm³/mol. The van der Waals surface area contributed by atoms with Gasteiger partial charge in [-0.25, -0.2) is 8.42 Å². The number of ether oxygens (including phenoxy) is 2. The summed E-state index contributed by atoms with van der Waals surface area (Å²) in [4.78, 5) is 12.3. The van der Waals surface area contributed by atoms with Crippen molar-refractivity contribution in [2.24, 2.45) is 0 Å². The minimum Gasteiger partial charge on any atom is -0.494 e. The van der Waals surface area contributed by atoms with E-state index in [1.807, 2.05) is 39.0 Å². The van der Waals surface area contributed by atoms with Crippen molar-refractivity contribution in [2.75, 3.05) is 23.3 Å². The SMILES string of the molecule is CCOc1ccc(NS(=O)(=O)c2ccc(NC(=O)COc3ccc(C)cc3C)cc2)cc1. The molecule has 0 heterocycles. The van der Waals surface area contributed by atoms with Crippen molar-refractivity contribution >= 4 is 27.3 Å². The minimum atomic E-state index is -3.77. The number of carbonyl (C=O) groups excluding carboxylic acids is 1. The first-order chi connectivity index (χ1) is 15.3. The number of anilines is 2. The van der Waals surface area contributed by atoms with E-state index in [2.05, 4.69) is 10.0 Å². The van der Waals surface area contributed by atoms with Gasteiger partial charge in [-0.2, -0.15) is 0 Å². The van der Waals surface area contributed by atoms with Gasteiger partial charge < -0.3 is 14.8 Å². The number of aryl methyl sites for hydroxylation is 2. The number of hydrogen-bond acceptors (Lipinski definition) is 5. The lowest BCUT2D eigenvalue weighted by molar-refractivity contribution is -0.118. The molecule has 0 saturated carbocycles. The summed E-state index contributed by atoms with van der Waals surface area (Å²) in [5, 5.41) is 2.70. The van der Waals surface area contributed by atoms with Crippen LogP contribution in [0.3, 0.4) is 0 Å². The summed E-state index contributed by atoms with van der Waals surface area (Å²) in [6, 6.07) is 18.3. The molecule has 168 valence electrons. The number of carbonyl (C=O) groups is 1. The van der Waals surface area contributed by atoms with Gasteiger partial charge in [-0.3, -0.25) is 9.52 Å². The molecule has 0 unspecified atom stereocenters. The van der Waals surface area contributed by atoms with Crippen LogP contribution >= 0.6 is 0 Å². The molecule has 3 aromatic rings. The Balaban J connectivity index is 1.57. The summed E-state index contributed by atoms with van der Waals surface area (Å²) in [5.41, 5.74) is 2.97. The van der Waals surface area contributed by atoms with Crippen LogP contribution < -0.4 is 19.5 Å². The molecule has 0 aliphatic carbocycles. The van der Waals surface area contributed by atoms with Gasteiger partial charge in [0.05, 0.1) is 11.5 Å². The third kappa shape index (κ3) is 6.24. The summed E-state index contributed by atoms with van der Waals surface area (Å²) in [5.74, 6) is 0.970. The molecule has 1 amide bonds. The molecule has 7 nitrogen and oxygen atoms in total. The first-order valence-electron chi connectivity index (χ1n) is 10.1. The number of amides is 1. The zero-order valence-electron chi connectivity index (χ0n) is 18.2. The maximum Gasteiger partial charge on any atom is 0.262 e. The highest BCUT2D eigenvalue weighted by Crippen LogP contribution is 2.21. The maximum absolute atomic E-state index is 12.6. The van der Waals surface area contributed by atoms with Gasteiger partial charge >= 0.3 is 0 Å². The second-order valence-electron chi connectivity index (χ2n) is 7.19. The quantitative estimate of drug-likeness (QED) is 0.496. The largest absolute Gasteiger partial charge is 0.494 e. The van der Waals surface area contributed by atoms with Crippen LogP contribution in [0.5, 0.6) is 11.5 Å². The molecule has 0 fully saturated rings. The lowest BCUT2D eigenvalue weighted by Crippen LogP contribution is -2.20. The number of nitrogens with one attached hydrogen (secondary N) is 2. The third-order valence-electron chi connectivity index (χ3n) is 4.56. The maximum atomic E-state index is 12.6.